The Labute approximate surface area is 90.8 Å². The van der Waals surface area contributed by atoms with Gasteiger partial charge in [-0.05, 0) is 17.7 Å². The number of rotatable bonds is 5. The van der Waals surface area contributed by atoms with Gasteiger partial charge in [0.15, 0.2) is 6.61 Å². The Kier molecular flexibility index (Phi) is 4.41. The highest BCUT2D eigenvalue weighted by molar-refractivity contribution is 5.77. The van der Waals surface area contributed by atoms with E-state index in [4.69, 9.17) is 5.11 Å². The lowest BCUT2D eigenvalue weighted by Crippen LogP contribution is -2.27. The molecule has 0 aromatic heterocycles. The predicted octanol–water partition coefficient (Wildman–Crippen LogP) is 0.501. The molecule has 0 aliphatic carbocycles. The third-order valence-corrected chi connectivity index (χ3v) is 1.66. The lowest BCUT2D eigenvalue weighted by atomic mass is 10.1. The fourth-order valence-electron chi connectivity index (χ4n) is 1.00. The molecule has 0 atom stereocenters. The number of hydrogen-bond donors (Lipinski definition) is 2. The van der Waals surface area contributed by atoms with E-state index in [1.165, 1.54) is 24.3 Å². The number of hydroxylamine groups is 1. The van der Waals surface area contributed by atoms with Crippen molar-refractivity contribution < 1.29 is 23.9 Å². The van der Waals surface area contributed by atoms with Crippen LogP contribution in [0.3, 0.4) is 0 Å². The number of benzene rings is 1. The first-order chi connectivity index (χ1) is 7.58. The van der Waals surface area contributed by atoms with E-state index in [-0.39, 0.29) is 12.2 Å². The van der Waals surface area contributed by atoms with Crippen LogP contribution in [-0.4, -0.2) is 23.6 Å². The molecule has 0 aliphatic heterocycles. The molecule has 0 aliphatic rings. The van der Waals surface area contributed by atoms with Gasteiger partial charge in [-0.25, -0.2) is 14.7 Å². The van der Waals surface area contributed by atoms with E-state index in [0.717, 1.165) is 0 Å². The second-order valence-electron chi connectivity index (χ2n) is 3.01. The summed E-state index contributed by atoms with van der Waals surface area (Å²) in [6.45, 7) is -0.602. The summed E-state index contributed by atoms with van der Waals surface area (Å²) in [4.78, 5) is 25.6. The third kappa shape index (κ3) is 4.52. The Morgan fingerprint density at radius 2 is 1.94 bits per heavy atom. The van der Waals surface area contributed by atoms with Crippen molar-refractivity contribution in [3.8, 4) is 0 Å². The molecule has 1 rings (SSSR count). The molecular formula is C10H10FNO4. The van der Waals surface area contributed by atoms with Crippen LogP contribution in [0.5, 0.6) is 0 Å². The smallest absolute Gasteiger partial charge is 0.332 e. The second-order valence-corrected chi connectivity index (χ2v) is 3.01. The summed E-state index contributed by atoms with van der Waals surface area (Å²) in [6, 6.07) is 5.40. The molecule has 6 heteroatoms. The Bertz CT molecular complexity index is 377. The van der Waals surface area contributed by atoms with Crippen LogP contribution in [0.2, 0.25) is 0 Å². The molecule has 0 fully saturated rings. The van der Waals surface area contributed by atoms with E-state index in [1.807, 2.05) is 5.48 Å². The van der Waals surface area contributed by atoms with Crippen molar-refractivity contribution in [2.45, 2.75) is 6.42 Å². The van der Waals surface area contributed by atoms with Crippen molar-refractivity contribution in [2.75, 3.05) is 6.61 Å². The van der Waals surface area contributed by atoms with Crippen LogP contribution in [0.15, 0.2) is 24.3 Å². The average molecular weight is 227 g/mol. The van der Waals surface area contributed by atoms with Gasteiger partial charge in [0.1, 0.15) is 5.82 Å². The summed E-state index contributed by atoms with van der Waals surface area (Å²) in [7, 11) is 0. The standard InChI is InChI=1S/C10H10FNO4/c11-8-3-1-7(2-4-8)5-9(13)12-16-6-10(14)15/h1-4H,5-6H2,(H,12,13)(H,14,15). The molecule has 86 valence electrons. The molecule has 0 heterocycles. The minimum absolute atomic E-state index is 0.000100. The molecule has 0 saturated heterocycles. The zero-order valence-corrected chi connectivity index (χ0v) is 8.27. The molecule has 0 radical (unpaired) electrons. The van der Waals surface area contributed by atoms with Gasteiger partial charge in [-0.15, -0.1) is 0 Å². The maximum Gasteiger partial charge on any atom is 0.332 e. The van der Waals surface area contributed by atoms with Gasteiger partial charge in [0.2, 0.25) is 5.91 Å². The lowest BCUT2D eigenvalue weighted by Gasteiger charge is -2.03. The SMILES string of the molecule is O=C(O)CONC(=O)Cc1ccc(F)cc1. The molecule has 1 aromatic carbocycles. The molecule has 2 N–H and O–H groups in total. The second kappa shape index (κ2) is 5.82. The van der Waals surface area contributed by atoms with Crippen LogP contribution in [0, 0.1) is 5.82 Å². The zero-order chi connectivity index (χ0) is 12.0. The van der Waals surface area contributed by atoms with E-state index >= 15 is 0 Å². The quantitative estimate of drug-likeness (QED) is 0.718. The van der Waals surface area contributed by atoms with E-state index in [2.05, 4.69) is 4.84 Å². The summed E-state index contributed by atoms with van der Waals surface area (Å²) < 4.78 is 12.5. The number of carbonyl (C=O) groups excluding carboxylic acids is 1. The number of hydrogen-bond acceptors (Lipinski definition) is 3. The first kappa shape index (κ1) is 12.1. The van der Waals surface area contributed by atoms with Gasteiger partial charge in [-0.1, -0.05) is 12.1 Å². The molecule has 0 bridgehead atoms. The molecule has 16 heavy (non-hydrogen) atoms. The highest BCUT2D eigenvalue weighted by atomic mass is 19.1. The number of carboxylic acids is 1. The maximum absolute atomic E-state index is 12.5. The fourth-order valence-corrected chi connectivity index (χ4v) is 1.00. The number of nitrogens with one attached hydrogen (secondary N) is 1. The largest absolute Gasteiger partial charge is 0.479 e. The number of aliphatic carboxylic acids is 1. The van der Waals surface area contributed by atoms with Crippen molar-refractivity contribution >= 4 is 11.9 Å². The number of carboxylic acid groups (broad SMARTS) is 1. The van der Waals surface area contributed by atoms with Crippen LogP contribution in [-0.2, 0) is 20.8 Å². The highest BCUT2D eigenvalue weighted by Gasteiger charge is 2.04. The molecule has 1 amide bonds. The summed E-state index contributed by atoms with van der Waals surface area (Å²) in [5.74, 6) is -2.05. The van der Waals surface area contributed by atoms with Crippen molar-refractivity contribution in [3.63, 3.8) is 0 Å². The first-order valence-corrected chi connectivity index (χ1v) is 4.45. The molecule has 1 aromatic rings. The minimum Gasteiger partial charge on any atom is -0.479 e. The summed E-state index contributed by atoms with van der Waals surface area (Å²) in [5.41, 5.74) is 2.57. The van der Waals surface area contributed by atoms with E-state index in [0.29, 0.717) is 5.56 Å². The van der Waals surface area contributed by atoms with Crippen molar-refractivity contribution in [2.24, 2.45) is 0 Å². The topological polar surface area (TPSA) is 75.6 Å². The Balaban J connectivity index is 2.34. The predicted molar refractivity (Wildman–Crippen MR) is 51.8 cm³/mol. The van der Waals surface area contributed by atoms with Crippen LogP contribution in [0.25, 0.3) is 0 Å². The van der Waals surface area contributed by atoms with Crippen molar-refractivity contribution in [1.82, 2.24) is 5.48 Å². The van der Waals surface area contributed by atoms with Crippen LogP contribution >= 0.6 is 0 Å². The minimum atomic E-state index is -1.18. The van der Waals surface area contributed by atoms with Crippen LogP contribution in [0.1, 0.15) is 5.56 Å². The van der Waals surface area contributed by atoms with Gasteiger partial charge >= 0.3 is 5.97 Å². The number of amides is 1. The summed E-state index contributed by atoms with van der Waals surface area (Å²) in [6.07, 6.45) is -0.000100. The van der Waals surface area contributed by atoms with Gasteiger partial charge in [0.25, 0.3) is 0 Å². The fraction of sp³-hybridized carbons (Fsp3) is 0.200. The normalized spacial score (nSPS) is 9.81. The van der Waals surface area contributed by atoms with Gasteiger partial charge in [-0.3, -0.25) is 9.63 Å². The monoisotopic (exact) mass is 227 g/mol. The molecule has 0 spiro atoms. The Hall–Kier alpha value is -1.95. The average Bonchev–Trinajstić information content (AvgIpc) is 2.21. The number of halogens is 1. The number of carbonyl (C=O) groups is 2. The molecular weight excluding hydrogens is 217 g/mol. The summed E-state index contributed by atoms with van der Waals surface area (Å²) in [5, 5.41) is 8.23. The Morgan fingerprint density at radius 3 is 2.50 bits per heavy atom. The van der Waals surface area contributed by atoms with Crippen LogP contribution < -0.4 is 5.48 Å². The zero-order valence-electron chi connectivity index (χ0n) is 8.27. The van der Waals surface area contributed by atoms with Gasteiger partial charge < -0.3 is 5.11 Å². The highest BCUT2D eigenvalue weighted by Crippen LogP contribution is 2.03. The van der Waals surface area contributed by atoms with Gasteiger partial charge in [0, 0.05) is 0 Å². The van der Waals surface area contributed by atoms with Gasteiger partial charge in [0.05, 0.1) is 6.42 Å². The van der Waals surface area contributed by atoms with Crippen LogP contribution in [0.4, 0.5) is 4.39 Å². The third-order valence-electron chi connectivity index (χ3n) is 1.66. The molecule has 5 nitrogen and oxygen atoms in total. The molecule has 0 saturated carbocycles. The van der Waals surface area contributed by atoms with Gasteiger partial charge in [-0.2, -0.15) is 0 Å². The van der Waals surface area contributed by atoms with E-state index in [1.54, 1.807) is 0 Å². The Morgan fingerprint density at radius 1 is 1.31 bits per heavy atom. The van der Waals surface area contributed by atoms with E-state index in [9.17, 15) is 14.0 Å². The summed E-state index contributed by atoms with van der Waals surface area (Å²) >= 11 is 0. The van der Waals surface area contributed by atoms with E-state index < -0.39 is 18.5 Å². The van der Waals surface area contributed by atoms with Crippen molar-refractivity contribution in [1.29, 1.82) is 0 Å². The van der Waals surface area contributed by atoms with Crippen molar-refractivity contribution in [3.05, 3.63) is 35.6 Å². The first-order valence-electron chi connectivity index (χ1n) is 4.45. The lowest BCUT2D eigenvalue weighted by molar-refractivity contribution is -0.149. The molecule has 0 unspecified atom stereocenters. The maximum atomic E-state index is 12.5.